The zero-order valence-corrected chi connectivity index (χ0v) is 9.36. The maximum Gasteiger partial charge on any atom is 1.00 e. The molecule has 0 bridgehead atoms. The Morgan fingerprint density at radius 2 is 1.15 bits per heavy atom. The van der Waals surface area contributed by atoms with E-state index in [1.54, 1.807) is 36.4 Å². The van der Waals surface area contributed by atoms with Gasteiger partial charge in [-0.3, -0.25) is 0 Å². The molecule has 0 unspecified atom stereocenters. The van der Waals surface area contributed by atoms with Gasteiger partial charge in [0.2, 0.25) is 0 Å². The monoisotopic (exact) mass is 184 g/mol. The summed E-state index contributed by atoms with van der Waals surface area (Å²) in [5.41, 5.74) is 0. The maximum atomic E-state index is 9.38. The van der Waals surface area contributed by atoms with Gasteiger partial charge in [-0.1, -0.05) is 24.3 Å². The van der Waals surface area contributed by atoms with E-state index in [4.69, 9.17) is 0 Å². The summed E-state index contributed by atoms with van der Waals surface area (Å²) >= 11 is 0. The van der Waals surface area contributed by atoms with Gasteiger partial charge in [-0.2, -0.15) is 0 Å². The number of benzene rings is 2. The molecule has 2 nitrogen and oxygen atoms in total. The van der Waals surface area contributed by atoms with Gasteiger partial charge in [0.1, 0.15) is 11.5 Å². The molecule has 0 atom stereocenters. The molecule has 0 saturated carbocycles. The van der Waals surface area contributed by atoms with Gasteiger partial charge in [-0.25, -0.2) is 0 Å². The van der Waals surface area contributed by atoms with E-state index < -0.39 is 0 Å². The third kappa shape index (κ3) is 1.80. The Hall–Kier alpha value is -0.700. The normalized spacial score (nSPS) is 9.54. The molecule has 0 heterocycles. The average molecular weight is 184 g/mol. The second-order valence-corrected chi connectivity index (χ2v) is 2.65. The van der Waals surface area contributed by atoms with Gasteiger partial charge in [0.25, 0.3) is 0 Å². The minimum atomic E-state index is 0. The summed E-state index contributed by atoms with van der Waals surface area (Å²) in [6, 6.07) is 10.1. The number of phenols is 2. The van der Waals surface area contributed by atoms with Crippen LogP contribution in [0.15, 0.2) is 36.4 Å². The molecule has 0 fully saturated rings. The topological polar surface area (TPSA) is 40.5 Å². The van der Waals surface area contributed by atoms with Crippen LogP contribution < -0.4 is 29.6 Å². The molecule has 13 heavy (non-hydrogen) atoms. The summed E-state index contributed by atoms with van der Waals surface area (Å²) in [5.74, 6) is 0.395. The van der Waals surface area contributed by atoms with Crippen molar-refractivity contribution >= 4 is 10.8 Å². The zero-order valence-electron chi connectivity index (χ0n) is 8.36. The number of hydrogen-bond acceptors (Lipinski definition) is 2. The van der Waals surface area contributed by atoms with Crippen molar-refractivity contribution in [2.45, 2.75) is 0 Å². The fourth-order valence-corrected chi connectivity index (χ4v) is 1.28. The summed E-state index contributed by atoms with van der Waals surface area (Å²) in [4.78, 5) is 0. The Morgan fingerprint density at radius 3 is 1.54 bits per heavy atom. The molecule has 0 aromatic heterocycles. The van der Waals surface area contributed by atoms with Gasteiger partial charge >= 0.3 is 29.6 Å². The molecular weight excluding hydrogens is 175 g/mol. The molecule has 0 aliphatic carbocycles. The predicted molar refractivity (Wildman–Crippen MR) is 48.4 cm³/mol. The maximum absolute atomic E-state index is 9.38. The summed E-state index contributed by atoms with van der Waals surface area (Å²) < 4.78 is 0. The molecule has 2 aromatic carbocycles. The van der Waals surface area contributed by atoms with Crippen LogP contribution in [0.3, 0.4) is 0 Å². The van der Waals surface area contributed by atoms with Crippen LogP contribution in [-0.4, -0.2) is 10.2 Å². The quantitative estimate of drug-likeness (QED) is 0.535. The number of aromatic hydroxyl groups is 2. The average Bonchev–Trinajstić information content (AvgIpc) is 2.07. The van der Waals surface area contributed by atoms with E-state index in [9.17, 15) is 10.2 Å². The van der Waals surface area contributed by atoms with Crippen molar-refractivity contribution in [3.05, 3.63) is 36.4 Å². The van der Waals surface area contributed by atoms with Gasteiger partial charge in [0.05, 0.1) is 0 Å². The van der Waals surface area contributed by atoms with Crippen molar-refractivity contribution in [1.29, 1.82) is 0 Å². The fraction of sp³-hybridized carbons (Fsp3) is 0. The third-order valence-corrected chi connectivity index (χ3v) is 1.88. The van der Waals surface area contributed by atoms with Crippen LogP contribution in [0.2, 0.25) is 0 Å². The zero-order chi connectivity index (χ0) is 8.55. The Morgan fingerprint density at radius 1 is 0.769 bits per heavy atom. The van der Waals surface area contributed by atoms with Crippen LogP contribution in [0.4, 0.5) is 0 Å². The molecule has 2 rings (SSSR count). The van der Waals surface area contributed by atoms with E-state index in [1.165, 1.54) is 0 Å². The van der Waals surface area contributed by atoms with Crippen molar-refractivity contribution < 1.29 is 41.2 Å². The van der Waals surface area contributed by atoms with Crippen molar-refractivity contribution in [2.75, 3.05) is 0 Å². The Labute approximate surface area is 99.6 Å². The van der Waals surface area contributed by atoms with E-state index in [0.717, 1.165) is 0 Å². The van der Waals surface area contributed by atoms with Crippen LogP contribution in [0.5, 0.6) is 11.5 Å². The minimum absolute atomic E-state index is 0. The number of phenolic OH excluding ortho intramolecular Hbond substituents is 2. The van der Waals surface area contributed by atoms with Gasteiger partial charge in [-0.05, 0) is 12.1 Å². The molecular formula is C10H9NaO2. The largest absolute Gasteiger partial charge is 1.00 e. The molecule has 0 radical (unpaired) electrons. The van der Waals surface area contributed by atoms with E-state index >= 15 is 0 Å². The Kier molecular flexibility index (Phi) is 3.20. The van der Waals surface area contributed by atoms with Crippen LogP contribution in [0, 0.1) is 0 Å². The SMILES string of the molecule is Oc1cccc2c(O)cccc12.[H-].[Na+]. The first-order chi connectivity index (χ1) is 5.79. The Bertz CT molecular complexity index is 390. The molecule has 0 spiro atoms. The van der Waals surface area contributed by atoms with Gasteiger partial charge in [0.15, 0.2) is 0 Å². The van der Waals surface area contributed by atoms with E-state index in [-0.39, 0.29) is 42.5 Å². The third-order valence-electron chi connectivity index (χ3n) is 1.88. The van der Waals surface area contributed by atoms with Crippen molar-refractivity contribution in [1.82, 2.24) is 0 Å². The van der Waals surface area contributed by atoms with Crippen LogP contribution in [0.25, 0.3) is 10.8 Å². The van der Waals surface area contributed by atoms with Crippen LogP contribution in [0.1, 0.15) is 1.43 Å². The predicted octanol–water partition coefficient (Wildman–Crippen LogP) is -0.633. The molecule has 2 N–H and O–H groups in total. The minimum Gasteiger partial charge on any atom is -1.00 e. The van der Waals surface area contributed by atoms with Crippen LogP contribution >= 0.6 is 0 Å². The number of fused-ring (bicyclic) bond motifs is 1. The molecule has 0 aliphatic heterocycles. The van der Waals surface area contributed by atoms with Gasteiger partial charge in [-0.15, -0.1) is 0 Å². The van der Waals surface area contributed by atoms with Gasteiger partial charge < -0.3 is 11.6 Å². The van der Waals surface area contributed by atoms with E-state index in [0.29, 0.717) is 10.8 Å². The first-order valence-corrected chi connectivity index (χ1v) is 3.69. The summed E-state index contributed by atoms with van der Waals surface area (Å²) in [5, 5.41) is 20.1. The summed E-state index contributed by atoms with van der Waals surface area (Å²) in [6.07, 6.45) is 0. The smallest absolute Gasteiger partial charge is 1.00 e. The molecule has 0 amide bonds. The molecule has 0 aliphatic rings. The summed E-state index contributed by atoms with van der Waals surface area (Å²) in [7, 11) is 0. The van der Waals surface area contributed by atoms with E-state index in [1.807, 2.05) is 0 Å². The fourth-order valence-electron chi connectivity index (χ4n) is 1.28. The first-order valence-electron chi connectivity index (χ1n) is 3.69. The molecule has 3 heteroatoms. The Balaban J connectivity index is 0.000000845. The number of hydrogen-bond donors (Lipinski definition) is 2. The second-order valence-electron chi connectivity index (χ2n) is 2.65. The van der Waals surface area contributed by atoms with Crippen molar-refractivity contribution in [3.8, 4) is 11.5 Å². The standard InChI is InChI=1S/C10H8O2.Na.H/c11-9-5-1-3-7-8(9)4-2-6-10(7)12;;/h1-6,11-12H;;/q;+1;-1. The summed E-state index contributed by atoms with van der Waals surface area (Å²) in [6.45, 7) is 0. The van der Waals surface area contributed by atoms with Gasteiger partial charge in [0, 0.05) is 10.8 Å². The molecule has 0 saturated heterocycles. The number of rotatable bonds is 0. The molecule has 2 aromatic rings. The van der Waals surface area contributed by atoms with E-state index in [2.05, 4.69) is 0 Å². The van der Waals surface area contributed by atoms with Crippen molar-refractivity contribution in [3.63, 3.8) is 0 Å². The molecule has 62 valence electrons. The van der Waals surface area contributed by atoms with Crippen molar-refractivity contribution in [2.24, 2.45) is 0 Å². The van der Waals surface area contributed by atoms with Crippen LogP contribution in [-0.2, 0) is 0 Å². The first kappa shape index (κ1) is 10.4. The second kappa shape index (κ2) is 4.01.